The fourth-order valence-electron chi connectivity index (χ4n) is 4.14. The smallest absolute Gasteiger partial charge is 0.408 e. The van der Waals surface area contributed by atoms with E-state index < -0.39 is 17.2 Å². The van der Waals surface area contributed by atoms with E-state index in [0.29, 0.717) is 13.0 Å². The van der Waals surface area contributed by atoms with Crippen LogP contribution in [0.1, 0.15) is 72.6 Å². The zero-order valence-corrected chi connectivity index (χ0v) is 15.6. The molecule has 5 heteroatoms. The summed E-state index contributed by atoms with van der Waals surface area (Å²) in [6.45, 7) is 7.92. The topological polar surface area (TPSA) is 64.6 Å². The van der Waals surface area contributed by atoms with Crippen LogP contribution in [0.4, 0.5) is 4.79 Å². The number of ether oxygens (including phenoxy) is 2. The highest BCUT2D eigenvalue weighted by molar-refractivity contribution is 5.70. The highest BCUT2D eigenvalue weighted by Crippen LogP contribution is 2.41. The number of carbonyl (C=O) groups is 2. The third-order valence-corrected chi connectivity index (χ3v) is 5.34. The quantitative estimate of drug-likeness (QED) is 0.627. The number of alkyl carbamates (subject to hydrolysis) is 1. The van der Waals surface area contributed by atoms with Gasteiger partial charge in [-0.1, -0.05) is 25.7 Å². The molecular formula is C19H33NO4. The Morgan fingerprint density at radius 1 is 1.21 bits per heavy atom. The molecule has 0 aromatic rings. The van der Waals surface area contributed by atoms with Gasteiger partial charge in [0.15, 0.2) is 0 Å². The van der Waals surface area contributed by atoms with Crippen molar-refractivity contribution in [3.05, 3.63) is 0 Å². The van der Waals surface area contributed by atoms with Crippen molar-refractivity contribution in [1.82, 2.24) is 5.32 Å². The third-order valence-electron chi connectivity index (χ3n) is 5.34. The lowest BCUT2D eigenvalue weighted by Crippen LogP contribution is -2.65. The van der Waals surface area contributed by atoms with Gasteiger partial charge in [-0.3, -0.25) is 0 Å². The molecule has 0 bridgehead atoms. The van der Waals surface area contributed by atoms with Gasteiger partial charge < -0.3 is 19.6 Å². The van der Waals surface area contributed by atoms with Crippen LogP contribution in [0, 0.1) is 11.8 Å². The summed E-state index contributed by atoms with van der Waals surface area (Å²) < 4.78 is 11.4. The molecule has 1 saturated carbocycles. The predicted molar refractivity (Wildman–Crippen MR) is 92.9 cm³/mol. The van der Waals surface area contributed by atoms with Crippen molar-refractivity contribution in [2.75, 3.05) is 6.61 Å². The van der Waals surface area contributed by atoms with E-state index >= 15 is 0 Å². The first kappa shape index (κ1) is 19.2. The summed E-state index contributed by atoms with van der Waals surface area (Å²) in [7, 11) is 0. The van der Waals surface area contributed by atoms with E-state index in [9.17, 15) is 9.59 Å². The van der Waals surface area contributed by atoms with Gasteiger partial charge in [-0.2, -0.15) is 0 Å². The molecule has 2 aliphatic rings. The first-order valence-electron chi connectivity index (χ1n) is 9.35. The Labute approximate surface area is 145 Å². The van der Waals surface area contributed by atoms with Gasteiger partial charge in [0, 0.05) is 5.92 Å². The molecule has 1 amide bonds. The number of amides is 1. The van der Waals surface area contributed by atoms with Crippen LogP contribution in [0.25, 0.3) is 0 Å². The summed E-state index contributed by atoms with van der Waals surface area (Å²) in [5.41, 5.74) is -1.20. The second-order valence-electron chi connectivity index (χ2n) is 8.46. The molecule has 1 aliphatic carbocycles. The predicted octanol–water partition coefficient (Wildman–Crippen LogP) is 3.84. The van der Waals surface area contributed by atoms with Crippen LogP contribution in [0.15, 0.2) is 0 Å². The van der Waals surface area contributed by atoms with E-state index in [1.54, 1.807) is 0 Å². The van der Waals surface area contributed by atoms with E-state index in [0.717, 1.165) is 32.0 Å². The van der Waals surface area contributed by atoms with Gasteiger partial charge in [-0.05, 0) is 52.9 Å². The Bertz CT molecular complexity index is 437. The molecule has 1 N–H and O–H groups in total. The van der Waals surface area contributed by atoms with Crippen molar-refractivity contribution >= 4 is 12.4 Å². The zero-order valence-electron chi connectivity index (χ0n) is 15.6. The van der Waals surface area contributed by atoms with Crippen molar-refractivity contribution in [3.8, 4) is 0 Å². The fraction of sp³-hybridized carbons (Fsp3) is 0.895. The van der Waals surface area contributed by atoms with Gasteiger partial charge >= 0.3 is 6.09 Å². The van der Waals surface area contributed by atoms with Gasteiger partial charge in [0.2, 0.25) is 0 Å². The Hall–Kier alpha value is -1.10. The van der Waals surface area contributed by atoms with Crippen molar-refractivity contribution in [3.63, 3.8) is 0 Å². The molecule has 3 atom stereocenters. The van der Waals surface area contributed by atoms with Crippen LogP contribution in [-0.2, 0) is 14.3 Å². The van der Waals surface area contributed by atoms with Crippen LogP contribution in [0.3, 0.4) is 0 Å². The second kappa shape index (κ2) is 7.85. The summed E-state index contributed by atoms with van der Waals surface area (Å²) in [6, 6.07) is 0. The number of rotatable bonds is 3. The molecule has 1 saturated heterocycles. The molecule has 2 fully saturated rings. The van der Waals surface area contributed by atoms with Crippen molar-refractivity contribution in [2.24, 2.45) is 11.8 Å². The summed E-state index contributed by atoms with van der Waals surface area (Å²) in [6.07, 6.45) is 8.04. The van der Waals surface area contributed by atoms with E-state index in [1.807, 2.05) is 27.7 Å². The third kappa shape index (κ3) is 4.71. The lowest BCUT2D eigenvalue weighted by Gasteiger charge is -2.48. The first-order valence-corrected chi connectivity index (χ1v) is 9.35. The van der Waals surface area contributed by atoms with Gasteiger partial charge in [0.05, 0.1) is 18.2 Å². The number of aldehydes is 1. The maximum absolute atomic E-state index is 12.5. The van der Waals surface area contributed by atoms with Crippen LogP contribution in [-0.4, -0.2) is 36.2 Å². The molecule has 1 heterocycles. The van der Waals surface area contributed by atoms with Crippen molar-refractivity contribution < 1.29 is 19.1 Å². The summed E-state index contributed by atoms with van der Waals surface area (Å²) in [5.74, 6) is 0.0343. The van der Waals surface area contributed by atoms with E-state index in [4.69, 9.17) is 9.47 Å². The Kier molecular flexibility index (Phi) is 6.29. The van der Waals surface area contributed by atoms with Crippen LogP contribution in [0.2, 0.25) is 0 Å². The Morgan fingerprint density at radius 2 is 1.83 bits per heavy atom. The zero-order chi connectivity index (χ0) is 17.8. The summed E-state index contributed by atoms with van der Waals surface area (Å²) >= 11 is 0. The number of nitrogens with one attached hydrogen (secondary N) is 1. The minimum Gasteiger partial charge on any atom is -0.444 e. The number of hydrogen-bond acceptors (Lipinski definition) is 4. The summed E-state index contributed by atoms with van der Waals surface area (Å²) in [4.78, 5) is 24.4. The second-order valence-corrected chi connectivity index (χ2v) is 8.46. The number of carbonyl (C=O) groups excluding carboxylic acids is 2. The molecule has 0 aromatic carbocycles. The fourth-order valence-corrected chi connectivity index (χ4v) is 4.14. The molecule has 0 spiro atoms. The van der Waals surface area contributed by atoms with Crippen molar-refractivity contribution in [1.29, 1.82) is 0 Å². The first-order chi connectivity index (χ1) is 11.3. The molecule has 0 unspecified atom stereocenters. The van der Waals surface area contributed by atoms with Gasteiger partial charge in [0.25, 0.3) is 0 Å². The Morgan fingerprint density at radius 3 is 2.38 bits per heavy atom. The summed E-state index contributed by atoms with van der Waals surface area (Å²) in [5, 5.41) is 3.09. The van der Waals surface area contributed by atoms with E-state index in [2.05, 4.69) is 5.32 Å². The average molecular weight is 339 g/mol. The maximum Gasteiger partial charge on any atom is 0.408 e. The lowest BCUT2D eigenvalue weighted by molar-refractivity contribution is -0.129. The average Bonchev–Trinajstić information content (AvgIpc) is 2.76. The normalized spacial score (nSPS) is 32.7. The minimum atomic E-state index is -0.638. The lowest BCUT2D eigenvalue weighted by atomic mass is 9.68. The molecule has 2 rings (SSSR count). The van der Waals surface area contributed by atoms with Crippen LogP contribution in [0.5, 0.6) is 0 Å². The number of hydrogen-bond donors (Lipinski definition) is 1. The standard InChI is InChI=1S/C19H33NO4/c1-14-11-16(12-21)19(13-23-14,15-9-7-5-6-8-10-15)20-17(22)24-18(2,3)4/h12,14-16H,5-11,13H2,1-4H3,(H,20,22)/t14-,16-,19+/m0/s1. The minimum absolute atomic E-state index is 0.0412. The van der Waals surface area contributed by atoms with Crippen molar-refractivity contribution in [2.45, 2.75) is 89.9 Å². The maximum atomic E-state index is 12.5. The molecule has 0 aromatic heterocycles. The monoisotopic (exact) mass is 339 g/mol. The molecular weight excluding hydrogens is 306 g/mol. The highest BCUT2D eigenvalue weighted by Gasteiger charge is 2.50. The van der Waals surface area contributed by atoms with Gasteiger partial charge in [-0.25, -0.2) is 4.79 Å². The van der Waals surface area contributed by atoms with Crippen LogP contribution >= 0.6 is 0 Å². The van der Waals surface area contributed by atoms with E-state index in [1.165, 1.54) is 12.8 Å². The van der Waals surface area contributed by atoms with Gasteiger partial charge in [0.1, 0.15) is 11.9 Å². The van der Waals surface area contributed by atoms with E-state index in [-0.39, 0.29) is 17.9 Å². The molecule has 1 aliphatic heterocycles. The molecule has 24 heavy (non-hydrogen) atoms. The molecule has 138 valence electrons. The van der Waals surface area contributed by atoms with Gasteiger partial charge in [-0.15, -0.1) is 0 Å². The molecule has 0 radical (unpaired) electrons. The SMILES string of the molecule is C[C@H]1C[C@@H](C=O)[C@](NC(=O)OC(C)(C)C)(C2CCCCCC2)CO1. The largest absolute Gasteiger partial charge is 0.444 e. The Balaban J connectivity index is 2.25. The highest BCUT2D eigenvalue weighted by atomic mass is 16.6. The van der Waals surface area contributed by atoms with Crippen LogP contribution < -0.4 is 5.32 Å². The molecule has 5 nitrogen and oxygen atoms in total.